The van der Waals surface area contributed by atoms with Gasteiger partial charge < -0.3 is 11.5 Å². The van der Waals surface area contributed by atoms with Crippen LogP contribution in [-0.4, -0.2) is 19.4 Å². The highest BCUT2D eigenvalue weighted by Crippen LogP contribution is 2.43. The van der Waals surface area contributed by atoms with Crippen LogP contribution >= 0.6 is 11.8 Å². The first-order valence-electron chi connectivity index (χ1n) is 4.52. The van der Waals surface area contributed by atoms with Crippen LogP contribution in [0.1, 0.15) is 0 Å². The summed E-state index contributed by atoms with van der Waals surface area (Å²) in [5.74, 6) is 0. The predicted octanol–water partition coefficient (Wildman–Crippen LogP) is 2.76. The van der Waals surface area contributed by atoms with Gasteiger partial charge in [-0.3, -0.25) is 0 Å². The van der Waals surface area contributed by atoms with Gasteiger partial charge in [-0.05, 0) is 23.9 Å². The average Bonchev–Trinajstić information content (AvgIpc) is 2.18. The van der Waals surface area contributed by atoms with Gasteiger partial charge in [-0.25, -0.2) is 8.42 Å². The lowest BCUT2D eigenvalue weighted by Crippen LogP contribution is -2.24. The van der Waals surface area contributed by atoms with Crippen LogP contribution in [0.2, 0.25) is 0 Å². The van der Waals surface area contributed by atoms with Gasteiger partial charge in [0, 0.05) is 10.6 Å². The van der Waals surface area contributed by atoms with Crippen LogP contribution in [0, 0.1) is 0 Å². The highest BCUT2D eigenvalue weighted by Gasteiger charge is 2.48. The number of thioether (sulfide) groups is 1. The molecular weight excluding hydrogens is 334 g/mol. The third kappa shape index (κ3) is 3.42. The van der Waals surface area contributed by atoms with Gasteiger partial charge in [0.25, 0.3) is 9.84 Å². The predicted molar refractivity (Wildman–Crippen MR) is 60.4 cm³/mol. The van der Waals surface area contributed by atoms with Crippen LogP contribution in [0.4, 0.5) is 37.7 Å². The van der Waals surface area contributed by atoms with E-state index in [1.807, 2.05) is 0 Å². The molecule has 1 aromatic carbocycles. The molecule has 0 unspecified atom stereocenters. The minimum absolute atomic E-state index is 0.256. The number of sulfone groups is 1. The summed E-state index contributed by atoms with van der Waals surface area (Å²) in [5, 5.41) is 0. The summed E-state index contributed by atoms with van der Waals surface area (Å²) in [6.45, 7) is 0. The Labute approximate surface area is 113 Å². The normalized spacial score (nSPS) is 13.5. The molecule has 4 nitrogen and oxygen atoms in total. The molecule has 0 radical (unpaired) electrons. The quantitative estimate of drug-likeness (QED) is 0.491. The van der Waals surface area contributed by atoms with Crippen molar-refractivity contribution in [3.05, 3.63) is 12.1 Å². The molecule has 114 valence electrons. The van der Waals surface area contributed by atoms with E-state index in [2.05, 4.69) is 0 Å². The maximum absolute atomic E-state index is 12.3. The molecule has 0 spiro atoms. The summed E-state index contributed by atoms with van der Waals surface area (Å²) < 4.78 is 95.7. The lowest BCUT2D eigenvalue weighted by molar-refractivity contribution is -0.0436. The Morgan fingerprint density at radius 3 is 1.85 bits per heavy atom. The number of rotatable bonds is 2. The first-order valence-corrected chi connectivity index (χ1v) is 6.82. The van der Waals surface area contributed by atoms with Gasteiger partial charge in [0.15, 0.2) is 0 Å². The maximum atomic E-state index is 12.3. The molecule has 0 saturated heterocycles. The SMILES string of the molecule is Nc1cc(S(=O)(=O)C(F)(F)F)c(N)cc1SC(F)(F)F. The summed E-state index contributed by atoms with van der Waals surface area (Å²) in [6.07, 6.45) is 0. The van der Waals surface area contributed by atoms with E-state index in [1.165, 1.54) is 0 Å². The van der Waals surface area contributed by atoms with Crippen molar-refractivity contribution in [1.29, 1.82) is 0 Å². The summed E-state index contributed by atoms with van der Waals surface area (Å²) in [4.78, 5) is -2.06. The van der Waals surface area contributed by atoms with Gasteiger partial charge in [-0.1, -0.05) is 0 Å². The van der Waals surface area contributed by atoms with Gasteiger partial charge >= 0.3 is 11.0 Å². The zero-order valence-electron chi connectivity index (χ0n) is 9.21. The molecule has 12 heteroatoms. The van der Waals surface area contributed by atoms with Crippen LogP contribution in [0.25, 0.3) is 0 Å². The molecule has 0 atom stereocenters. The molecule has 1 aromatic rings. The van der Waals surface area contributed by atoms with Crippen molar-refractivity contribution in [2.75, 3.05) is 11.5 Å². The smallest absolute Gasteiger partial charge is 0.398 e. The Kier molecular flexibility index (Phi) is 4.11. The molecule has 0 bridgehead atoms. The molecule has 0 aliphatic rings. The summed E-state index contributed by atoms with van der Waals surface area (Å²) in [7, 11) is -5.79. The number of benzene rings is 1. The lowest BCUT2D eigenvalue weighted by atomic mass is 10.3. The molecule has 0 fully saturated rings. The summed E-state index contributed by atoms with van der Waals surface area (Å²) in [5.41, 5.74) is -1.91. The first kappa shape index (κ1) is 16.8. The minimum Gasteiger partial charge on any atom is -0.398 e. The number of nitrogen functional groups attached to an aromatic ring is 2. The topological polar surface area (TPSA) is 86.2 Å². The van der Waals surface area contributed by atoms with Crippen molar-refractivity contribution in [2.45, 2.75) is 20.8 Å². The number of anilines is 2. The molecule has 0 amide bonds. The summed E-state index contributed by atoms with van der Waals surface area (Å²) in [6, 6.07) is 0.693. The fraction of sp³-hybridized carbons (Fsp3) is 0.250. The fourth-order valence-electron chi connectivity index (χ4n) is 1.16. The zero-order valence-corrected chi connectivity index (χ0v) is 10.8. The number of nitrogens with two attached hydrogens (primary N) is 2. The van der Waals surface area contributed by atoms with Crippen molar-refractivity contribution in [3.8, 4) is 0 Å². The van der Waals surface area contributed by atoms with Crippen molar-refractivity contribution in [2.24, 2.45) is 0 Å². The Bertz CT molecular complexity index is 623. The molecular formula is C8H6F6N2O2S2. The highest BCUT2D eigenvalue weighted by atomic mass is 32.2. The molecule has 0 aliphatic heterocycles. The van der Waals surface area contributed by atoms with E-state index in [0.29, 0.717) is 6.07 Å². The third-order valence-corrected chi connectivity index (χ3v) is 4.31. The number of halogens is 6. The molecule has 1 rings (SSSR count). The monoisotopic (exact) mass is 340 g/mol. The maximum Gasteiger partial charge on any atom is 0.501 e. The van der Waals surface area contributed by atoms with Crippen molar-refractivity contribution < 1.29 is 34.8 Å². The Balaban J connectivity index is 3.40. The van der Waals surface area contributed by atoms with Crippen LogP contribution in [0.3, 0.4) is 0 Å². The Morgan fingerprint density at radius 1 is 0.950 bits per heavy atom. The fourth-order valence-corrected chi connectivity index (χ4v) is 2.67. The molecule has 0 aliphatic carbocycles. The molecule has 4 N–H and O–H groups in total. The zero-order chi connectivity index (χ0) is 15.9. The molecule has 0 saturated carbocycles. The van der Waals surface area contributed by atoms with Gasteiger partial charge in [-0.15, -0.1) is 0 Å². The number of hydrogen-bond donors (Lipinski definition) is 2. The van der Waals surface area contributed by atoms with Crippen molar-refractivity contribution in [1.82, 2.24) is 0 Å². The van der Waals surface area contributed by atoms with Gasteiger partial charge in [0.2, 0.25) is 0 Å². The van der Waals surface area contributed by atoms with Crippen LogP contribution in [0.15, 0.2) is 21.9 Å². The van der Waals surface area contributed by atoms with E-state index in [4.69, 9.17) is 11.5 Å². The standard InChI is InChI=1S/C8H6F6N2O2S2/c9-7(10,11)19-5-1-4(16)6(2-3(5)15)20(17,18)8(12,13)14/h1-2H,15-16H2. The van der Waals surface area contributed by atoms with E-state index < -0.39 is 53.8 Å². The Morgan fingerprint density at radius 2 is 1.45 bits per heavy atom. The highest BCUT2D eigenvalue weighted by molar-refractivity contribution is 8.00. The van der Waals surface area contributed by atoms with E-state index in [-0.39, 0.29) is 6.07 Å². The summed E-state index contributed by atoms with van der Waals surface area (Å²) >= 11 is -0.713. The van der Waals surface area contributed by atoms with E-state index in [1.54, 1.807) is 0 Å². The second kappa shape index (κ2) is 4.91. The first-order chi connectivity index (χ1) is 8.75. The molecule has 0 heterocycles. The Hall–Kier alpha value is -1.30. The van der Waals surface area contributed by atoms with E-state index in [9.17, 15) is 34.8 Å². The van der Waals surface area contributed by atoms with Crippen molar-refractivity contribution >= 4 is 33.0 Å². The average molecular weight is 340 g/mol. The minimum atomic E-state index is -5.79. The van der Waals surface area contributed by atoms with Crippen molar-refractivity contribution in [3.63, 3.8) is 0 Å². The van der Waals surface area contributed by atoms with E-state index >= 15 is 0 Å². The number of hydrogen-bond acceptors (Lipinski definition) is 5. The molecule has 20 heavy (non-hydrogen) atoms. The van der Waals surface area contributed by atoms with Gasteiger partial charge in [-0.2, -0.15) is 26.3 Å². The lowest BCUT2D eigenvalue weighted by Gasteiger charge is -2.14. The van der Waals surface area contributed by atoms with Crippen LogP contribution in [-0.2, 0) is 9.84 Å². The second-order valence-electron chi connectivity index (χ2n) is 3.42. The van der Waals surface area contributed by atoms with Gasteiger partial charge in [0.1, 0.15) is 4.90 Å². The van der Waals surface area contributed by atoms with Crippen LogP contribution in [0.5, 0.6) is 0 Å². The van der Waals surface area contributed by atoms with Crippen LogP contribution < -0.4 is 11.5 Å². The number of alkyl halides is 6. The second-order valence-corrected chi connectivity index (χ2v) is 6.44. The molecule has 0 aromatic heterocycles. The van der Waals surface area contributed by atoms with E-state index in [0.717, 1.165) is 0 Å². The third-order valence-electron chi connectivity index (χ3n) is 1.96. The largest absolute Gasteiger partial charge is 0.501 e. The van der Waals surface area contributed by atoms with Gasteiger partial charge in [0.05, 0.1) is 5.69 Å².